The van der Waals surface area contributed by atoms with E-state index in [0.29, 0.717) is 18.5 Å². The minimum atomic E-state index is -0.186. The third-order valence-electron chi connectivity index (χ3n) is 4.90. The molecule has 28 heavy (non-hydrogen) atoms. The van der Waals surface area contributed by atoms with Gasteiger partial charge in [0.25, 0.3) is 0 Å². The molecule has 3 aromatic rings. The van der Waals surface area contributed by atoms with E-state index in [1.807, 2.05) is 23.0 Å². The fourth-order valence-electron chi connectivity index (χ4n) is 3.27. The Morgan fingerprint density at radius 2 is 2.14 bits per heavy atom. The zero-order valence-corrected chi connectivity index (χ0v) is 16.8. The molecule has 1 atom stereocenters. The van der Waals surface area contributed by atoms with Gasteiger partial charge in [-0.15, -0.1) is 0 Å². The molecule has 7 nitrogen and oxygen atoms in total. The van der Waals surface area contributed by atoms with Gasteiger partial charge in [-0.2, -0.15) is 5.10 Å². The summed E-state index contributed by atoms with van der Waals surface area (Å²) in [5, 5.41) is 14.3. The van der Waals surface area contributed by atoms with Crippen LogP contribution in [-0.4, -0.2) is 44.2 Å². The maximum Gasteiger partial charge on any atom is 0.220 e. The second-order valence-electron chi connectivity index (χ2n) is 7.49. The first-order chi connectivity index (χ1) is 13.4. The number of aliphatic hydroxyl groups is 1. The van der Waals surface area contributed by atoms with Gasteiger partial charge in [0.2, 0.25) is 5.95 Å². The molecule has 1 saturated heterocycles. The first-order valence-electron chi connectivity index (χ1n) is 9.73. The Morgan fingerprint density at radius 3 is 2.75 bits per heavy atom. The van der Waals surface area contributed by atoms with Crippen molar-refractivity contribution in [2.24, 2.45) is 0 Å². The monoisotopic (exact) mass is 383 g/mol. The van der Waals surface area contributed by atoms with E-state index in [9.17, 15) is 0 Å². The van der Waals surface area contributed by atoms with Gasteiger partial charge in [-0.3, -0.25) is 4.68 Å². The Kier molecular flexibility index (Phi) is 6.59. The number of aromatic nitrogens is 4. The Labute approximate surface area is 165 Å². The Bertz CT molecular complexity index is 916. The Morgan fingerprint density at radius 1 is 1.32 bits per heavy atom. The van der Waals surface area contributed by atoms with Crippen molar-refractivity contribution in [3.63, 3.8) is 0 Å². The summed E-state index contributed by atoms with van der Waals surface area (Å²) in [5.74, 6) is 0.792. The average Bonchev–Trinajstić information content (AvgIpc) is 3.03. The second-order valence-corrected chi connectivity index (χ2v) is 7.49. The summed E-state index contributed by atoms with van der Waals surface area (Å²) >= 11 is 0. The zero-order chi connectivity index (χ0) is 20.1. The summed E-state index contributed by atoms with van der Waals surface area (Å²) in [6.45, 7) is 8.59. The fourth-order valence-corrected chi connectivity index (χ4v) is 3.27. The average molecular weight is 383 g/mol. The number of anilines is 1. The lowest BCUT2D eigenvalue weighted by molar-refractivity contribution is -0.00535. The Hall–Kier alpha value is -2.51. The van der Waals surface area contributed by atoms with Crippen LogP contribution in [0.3, 0.4) is 0 Å². The van der Waals surface area contributed by atoms with Crippen molar-refractivity contribution < 1.29 is 9.84 Å². The minimum absolute atomic E-state index is 0.186. The molecule has 0 radical (unpaired) electrons. The van der Waals surface area contributed by atoms with Crippen LogP contribution in [0.4, 0.5) is 5.95 Å². The molecule has 1 aromatic carbocycles. The number of nitrogens with two attached hydrogens (primary N) is 1. The number of benzene rings is 1. The topological polar surface area (TPSA) is 99.1 Å². The third kappa shape index (κ3) is 5.05. The van der Waals surface area contributed by atoms with Gasteiger partial charge < -0.3 is 15.6 Å². The summed E-state index contributed by atoms with van der Waals surface area (Å²) in [6.07, 6.45) is 5.45. The molecule has 2 aromatic heterocycles. The summed E-state index contributed by atoms with van der Waals surface area (Å²) < 4.78 is 6.96. The summed E-state index contributed by atoms with van der Waals surface area (Å²) in [5.41, 5.74) is 10.2. The van der Waals surface area contributed by atoms with Gasteiger partial charge in [0, 0.05) is 23.9 Å². The maximum atomic E-state index is 8.78. The van der Waals surface area contributed by atoms with E-state index in [0.717, 1.165) is 42.5 Å². The van der Waals surface area contributed by atoms with Crippen LogP contribution in [0.25, 0.3) is 10.9 Å². The Balaban J connectivity index is 0.000000271. The van der Waals surface area contributed by atoms with Gasteiger partial charge in [-0.05, 0) is 42.9 Å². The highest BCUT2D eigenvalue weighted by molar-refractivity contribution is 5.79. The molecule has 1 aliphatic heterocycles. The number of nitrogens with zero attached hydrogens (tertiary/aromatic N) is 4. The zero-order valence-electron chi connectivity index (χ0n) is 16.8. The highest BCUT2D eigenvalue weighted by atomic mass is 16.5. The molecular weight excluding hydrogens is 354 g/mol. The van der Waals surface area contributed by atoms with Crippen molar-refractivity contribution >= 4 is 16.9 Å². The minimum Gasteiger partial charge on any atom is -0.391 e. The highest BCUT2D eigenvalue weighted by Crippen LogP contribution is 2.20. The fraction of sp³-hybridized carbons (Fsp3) is 0.476. The molecule has 0 spiro atoms. The lowest BCUT2D eigenvalue weighted by Crippen LogP contribution is -2.21. The van der Waals surface area contributed by atoms with E-state index in [-0.39, 0.29) is 6.10 Å². The molecule has 0 amide bonds. The molecular formula is C21H29N5O2. The second kappa shape index (κ2) is 9.12. The van der Waals surface area contributed by atoms with Gasteiger partial charge in [-0.25, -0.2) is 9.97 Å². The predicted molar refractivity (Wildman–Crippen MR) is 110 cm³/mol. The molecule has 150 valence electrons. The smallest absolute Gasteiger partial charge is 0.220 e. The van der Waals surface area contributed by atoms with Crippen LogP contribution >= 0.6 is 0 Å². The van der Waals surface area contributed by atoms with Gasteiger partial charge in [0.15, 0.2) is 0 Å². The van der Waals surface area contributed by atoms with E-state index in [1.165, 1.54) is 11.3 Å². The van der Waals surface area contributed by atoms with Gasteiger partial charge in [-0.1, -0.05) is 26.0 Å². The third-order valence-corrected chi connectivity index (χ3v) is 4.90. The number of nitrogen functional groups attached to an aromatic ring is 1. The molecule has 0 bridgehead atoms. The molecule has 3 heterocycles. The number of hydrogen-bond acceptors (Lipinski definition) is 6. The van der Waals surface area contributed by atoms with Crippen LogP contribution in [0.1, 0.15) is 49.4 Å². The van der Waals surface area contributed by atoms with Crippen molar-refractivity contribution in [3.8, 4) is 0 Å². The normalized spacial score (nSPS) is 16.8. The molecule has 1 unspecified atom stereocenters. The van der Waals surface area contributed by atoms with Gasteiger partial charge in [0.1, 0.15) is 0 Å². The van der Waals surface area contributed by atoms with Crippen molar-refractivity contribution in [3.05, 3.63) is 47.4 Å². The van der Waals surface area contributed by atoms with Crippen molar-refractivity contribution in [1.82, 2.24) is 19.7 Å². The predicted octanol–water partition coefficient (Wildman–Crippen LogP) is 3.05. The molecule has 3 N–H and O–H groups in total. The molecule has 1 aliphatic rings. The lowest BCUT2D eigenvalue weighted by Gasteiger charge is -2.15. The van der Waals surface area contributed by atoms with Crippen molar-refractivity contribution in [2.75, 3.05) is 18.9 Å². The molecule has 1 fully saturated rings. The van der Waals surface area contributed by atoms with Gasteiger partial charge >= 0.3 is 0 Å². The number of ether oxygens (including phenoxy) is 1. The molecule has 0 saturated carbocycles. The van der Waals surface area contributed by atoms with Crippen LogP contribution < -0.4 is 5.73 Å². The largest absolute Gasteiger partial charge is 0.391 e. The van der Waals surface area contributed by atoms with Gasteiger partial charge in [0.05, 0.1) is 31.0 Å². The van der Waals surface area contributed by atoms with E-state index in [2.05, 4.69) is 41.9 Å². The van der Waals surface area contributed by atoms with Crippen LogP contribution in [0, 0.1) is 6.92 Å². The number of fused-ring (bicyclic) bond motifs is 1. The van der Waals surface area contributed by atoms with E-state index < -0.39 is 0 Å². The van der Waals surface area contributed by atoms with Crippen LogP contribution in [0.5, 0.6) is 0 Å². The van der Waals surface area contributed by atoms with Crippen molar-refractivity contribution in [2.45, 2.75) is 52.2 Å². The molecule has 7 heteroatoms. The lowest BCUT2D eigenvalue weighted by atomic mass is 10.1. The quantitative estimate of drug-likeness (QED) is 0.721. The number of aliphatic hydroxyl groups excluding tert-OH is 1. The van der Waals surface area contributed by atoms with Crippen molar-refractivity contribution in [1.29, 1.82) is 0 Å². The standard InChI is InChI=1S/C16H19N5.C5H10O2/c1-10(2)14-8-19-21(11(14)3)9-12-4-5-13-7-18-16(17)20-15(13)6-12;6-5-2-1-3-7-4-5/h4-8,10H,9H2,1-3H3,(H2,17,18,20);5-6H,1-4H2. The summed E-state index contributed by atoms with van der Waals surface area (Å²) in [7, 11) is 0. The van der Waals surface area contributed by atoms with Crippen LogP contribution in [-0.2, 0) is 11.3 Å². The first-order valence-corrected chi connectivity index (χ1v) is 9.73. The van der Waals surface area contributed by atoms with E-state index in [1.54, 1.807) is 6.20 Å². The maximum absolute atomic E-state index is 8.78. The van der Waals surface area contributed by atoms with Crippen LogP contribution in [0.15, 0.2) is 30.6 Å². The van der Waals surface area contributed by atoms with E-state index in [4.69, 9.17) is 15.6 Å². The van der Waals surface area contributed by atoms with Crippen LogP contribution in [0.2, 0.25) is 0 Å². The number of hydrogen-bond donors (Lipinski definition) is 2. The van der Waals surface area contributed by atoms with E-state index >= 15 is 0 Å². The molecule has 0 aliphatic carbocycles. The first kappa shape index (κ1) is 20.2. The summed E-state index contributed by atoms with van der Waals surface area (Å²) in [6, 6.07) is 6.15. The SMILES string of the molecule is Cc1c(C(C)C)cnn1Cc1ccc2cnc(N)nc2c1.OC1CCCOC1. The number of rotatable bonds is 3. The summed E-state index contributed by atoms with van der Waals surface area (Å²) in [4.78, 5) is 8.28. The molecule has 4 rings (SSSR count). The highest BCUT2D eigenvalue weighted by Gasteiger charge is 2.10.